The Labute approximate surface area is 111 Å². The molecule has 1 saturated heterocycles. The highest BCUT2D eigenvalue weighted by atomic mass is 16.7. The number of fused-ring (bicyclic) bond motifs is 1. The smallest absolute Gasteiger partial charge is 0.270 e. The van der Waals surface area contributed by atoms with Crippen molar-refractivity contribution in [2.24, 2.45) is 0 Å². The number of aliphatic hydroxyl groups excluding tert-OH is 1. The fourth-order valence-electron chi connectivity index (χ4n) is 2.50. The van der Waals surface area contributed by atoms with Crippen LogP contribution in [0.1, 0.15) is 19.3 Å². The Bertz CT molecular complexity index is 470. The molecule has 19 heavy (non-hydrogen) atoms. The van der Waals surface area contributed by atoms with Gasteiger partial charge in [0, 0.05) is 13.1 Å². The van der Waals surface area contributed by atoms with Crippen LogP contribution in [-0.2, 0) is 4.79 Å². The molecule has 5 heteroatoms. The van der Waals surface area contributed by atoms with E-state index in [-0.39, 0.29) is 5.91 Å². The summed E-state index contributed by atoms with van der Waals surface area (Å²) in [6, 6.07) is 7.04. The van der Waals surface area contributed by atoms with E-state index in [1.807, 2.05) is 6.07 Å². The standard InChI is InChI=1S/C14H17NO4/c16-13(15-8-4-1-5-9-15)12-14(17)19-11-7-3-2-6-10(11)18-12/h2-3,6-7,12,14,17H,1,4-5,8-9H2/t12-,14-/m0/s1. The zero-order valence-corrected chi connectivity index (χ0v) is 10.6. The minimum absolute atomic E-state index is 0.193. The van der Waals surface area contributed by atoms with Crippen LogP contribution in [0.25, 0.3) is 0 Å². The molecule has 2 aliphatic heterocycles. The van der Waals surface area contributed by atoms with Gasteiger partial charge in [-0.05, 0) is 31.4 Å². The van der Waals surface area contributed by atoms with Gasteiger partial charge >= 0.3 is 0 Å². The van der Waals surface area contributed by atoms with Crippen molar-refractivity contribution >= 4 is 5.91 Å². The monoisotopic (exact) mass is 263 g/mol. The number of piperidine rings is 1. The normalized spacial score (nSPS) is 26.1. The number of ether oxygens (including phenoxy) is 2. The number of hydrogen-bond donors (Lipinski definition) is 1. The second-order valence-corrected chi connectivity index (χ2v) is 4.88. The van der Waals surface area contributed by atoms with Crippen LogP contribution in [0.2, 0.25) is 0 Å². The van der Waals surface area contributed by atoms with E-state index in [1.165, 1.54) is 0 Å². The second kappa shape index (κ2) is 5.09. The zero-order chi connectivity index (χ0) is 13.2. The highest BCUT2D eigenvalue weighted by Crippen LogP contribution is 2.33. The van der Waals surface area contributed by atoms with Gasteiger partial charge in [-0.15, -0.1) is 0 Å². The van der Waals surface area contributed by atoms with E-state index in [2.05, 4.69) is 0 Å². The predicted molar refractivity (Wildman–Crippen MR) is 67.9 cm³/mol. The maximum atomic E-state index is 12.3. The van der Waals surface area contributed by atoms with Gasteiger partial charge in [0.15, 0.2) is 11.5 Å². The molecule has 2 aliphatic rings. The Balaban J connectivity index is 1.76. The Morgan fingerprint density at radius 2 is 1.74 bits per heavy atom. The van der Waals surface area contributed by atoms with Crippen molar-refractivity contribution in [2.75, 3.05) is 13.1 Å². The topological polar surface area (TPSA) is 59.0 Å². The quantitative estimate of drug-likeness (QED) is 0.826. The summed E-state index contributed by atoms with van der Waals surface area (Å²) in [5.74, 6) is 0.780. The first-order chi connectivity index (χ1) is 9.25. The maximum Gasteiger partial charge on any atom is 0.270 e. The van der Waals surface area contributed by atoms with Crippen LogP contribution in [-0.4, -0.2) is 41.4 Å². The average Bonchev–Trinajstić information content (AvgIpc) is 2.47. The molecule has 0 bridgehead atoms. The van der Waals surface area contributed by atoms with Crippen LogP contribution in [0.3, 0.4) is 0 Å². The van der Waals surface area contributed by atoms with Crippen LogP contribution < -0.4 is 9.47 Å². The molecule has 1 amide bonds. The van der Waals surface area contributed by atoms with Crippen LogP contribution in [0.4, 0.5) is 0 Å². The van der Waals surface area contributed by atoms with Crippen LogP contribution in [0.15, 0.2) is 24.3 Å². The minimum atomic E-state index is -1.25. The number of carbonyl (C=O) groups excluding carboxylic acids is 1. The summed E-state index contributed by atoms with van der Waals surface area (Å²) >= 11 is 0. The van der Waals surface area contributed by atoms with Crippen molar-refractivity contribution in [3.63, 3.8) is 0 Å². The number of rotatable bonds is 1. The van der Waals surface area contributed by atoms with Gasteiger partial charge in [0.25, 0.3) is 5.91 Å². The van der Waals surface area contributed by atoms with Gasteiger partial charge in [-0.2, -0.15) is 0 Å². The molecule has 0 radical (unpaired) electrons. The molecule has 5 nitrogen and oxygen atoms in total. The Morgan fingerprint density at radius 3 is 2.42 bits per heavy atom. The number of hydrogen-bond acceptors (Lipinski definition) is 4. The largest absolute Gasteiger partial charge is 0.470 e. The van der Waals surface area contributed by atoms with Crippen LogP contribution >= 0.6 is 0 Å². The Morgan fingerprint density at radius 1 is 1.11 bits per heavy atom. The molecule has 2 heterocycles. The molecule has 1 aromatic rings. The first-order valence-corrected chi connectivity index (χ1v) is 6.65. The van der Waals surface area contributed by atoms with Crippen molar-refractivity contribution in [3.8, 4) is 11.5 Å². The Hall–Kier alpha value is -1.75. The van der Waals surface area contributed by atoms with Crippen molar-refractivity contribution in [2.45, 2.75) is 31.7 Å². The van der Waals surface area contributed by atoms with Crippen molar-refractivity contribution in [1.29, 1.82) is 0 Å². The number of benzene rings is 1. The molecule has 0 unspecified atom stereocenters. The van der Waals surface area contributed by atoms with Crippen LogP contribution in [0.5, 0.6) is 11.5 Å². The van der Waals surface area contributed by atoms with E-state index in [0.717, 1.165) is 32.4 Å². The number of amides is 1. The van der Waals surface area contributed by atoms with E-state index >= 15 is 0 Å². The third kappa shape index (κ3) is 2.38. The van der Waals surface area contributed by atoms with Gasteiger partial charge in [0.1, 0.15) is 0 Å². The lowest BCUT2D eigenvalue weighted by Gasteiger charge is -2.34. The van der Waals surface area contributed by atoms with E-state index in [1.54, 1.807) is 23.1 Å². The van der Waals surface area contributed by atoms with E-state index in [0.29, 0.717) is 11.5 Å². The highest BCUT2D eigenvalue weighted by Gasteiger charge is 2.38. The van der Waals surface area contributed by atoms with Gasteiger partial charge in [-0.3, -0.25) is 4.79 Å². The number of nitrogens with zero attached hydrogens (tertiary/aromatic N) is 1. The number of aliphatic hydroxyl groups is 1. The molecule has 0 aromatic heterocycles. The SMILES string of the molecule is O=C([C@@H]1Oc2ccccc2O[C@@H]1O)N1CCCCC1. The fourth-order valence-corrected chi connectivity index (χ4v) is 2.50. The molecule has 3 rings (SSSR count). The van der Waals surface area contributed by atoms with Gasteiger partial charge in [-0.1, -0.05) is 12.1 Å². The molecular weight excluding hydrogens is 246 g/mol. The molecule has 102 valence electrons. The van der Waals surface area contributed by atoms with Gasteiger partial charge in [0.2, 0.25) is 12.4 Å². The molecule has 1 aromatic carbocycles. The molecule has 1 N–H and O–H groups in total. The summed E-state index contributed by atoms with van der Waals surface area (Å²) in [6.07, 6.45) is 0.951. The van der Waals surface area contributed by atoms with Crippen molar-refractivity contribution in [3.05, 3.63) is 24.3 Å². The van der Waals surface area contributed by atoms with Crippen LogP contribution in [0, 0.1) is 0 Å². The highest BCUT2D eigenvalue weighted by molar-refractivity contribution is 5.82. The average molecular weight is 263 g/mol. The van der Waals surface area contributed by atoms with E-state index in [9.17, 15) is 9.90 Å². The fraction of sp³-hybridized carbons (Fsp3) is 0.500. The maximum absolute atomic E-state index is 12.3. The first-order valence-electron chi connectivity index (χ1n) is 6.65. The second-order valence-electron chi connectivity index (χ2n) is 4.88. The minimum Gasteiger partial charge on any atom is -0.470 e. The van der Waals surface area contributed by atoms with Gasteiger partial charge < -0.3 is 19.5 Å². The third-order valence-corrected chi connectivity index (χ3v) is 3.52. The lowest BCUT2D eigenvalue weighted by molar-refractivity contribution is -0.163. The zero-order valence-electron chi connectivity index (χ0n) is 10.6. The molecule has 2 atom stereocenters. The van der Waals surface area contributed by atoms with Gasteiger partial charge in [0.05, 0.1) is 0 Å². The summed E-state index contributed by atoms with van der Waals surface area (Å²) in [7, 11) is 0. The lowest BCUT2D eigenvalue weighted by Crippen LogP contribution is -2.52. The molecular formula is C14H17NO4. The van der Waals surface area contributed by atoms with E-state index < -0.39 is 12.4 Å². The summed E-state index contributed by atoms with van der Waals surface area (Å²) in [5, 5.41) is 9.92. The van der Waals surface area contributed by atoms with Gasteiger partial charge in [-0.25, -0.2) is 0 Å². The third-order valence-electron chi connectivity index (χ3n) is 3.52. The molecule has 0 saturated carbocycles. The molecule has 0 spiro atoms. The molecule has 0 aliphatic carbocycles. The lowest BCUT2D eigenvalue weighted by atomic mass is 10.1. The van der Waals surface area contributed by atoms with Crippen molar-refractivity contribution < 1.29 is 19.4 Å². The Kier molecular flexibility index (Phi) is 3.29. The number of para-hydroxylation sites is 2. The number of carbonyl (C=O) groups is 1. The predicted octanol–water partition coefficient (Wildman–Crippen LogP) is 1.16. The van der Waals surface area contributed by atoms with Crippen molar-refractivity contribution in [1.82, 2.24) is 4.90 Å². The first kappa shape index (κ1) is 12.3. The summed E-state index contributed by atoms with van der Waals surface area (Å²) in [4.78, 5) is 14.1. The molecule has 1 fully saturated rings. The summed E-state index contributed by atoms with van der Waals surface area (Å²) < 4.78 is 10.9. The summed E-state index contributed by atoms with van der Waals surface area (Å²) in [6.45, 7) is 1.46. The summed E-state index contributed by atoms with van der Waals surface area (Å²) in [5.41, 5.74) is 0. The number of likely N-dealkylation sites (tertiary alicyclic amines) is 1. The van der Waals surface area contributed by atoms with E-state index in [4.69, 9.17) is 9.47 Å².